The molecule has 3 nitrogen and oxygen atoms in total. The van der Waals surface area contributed by atoms with E-state index < -0.39 is 0 Å². The minimum atomic E-state index is 0.101. The number of hydrogen-bond acceptors (Lipinski definition) is 2. The first-order chi connectivity index (χ1) is 10.8. The number of nitrogens with zero attached hydrogens (tertiary/aromatic N) is 3. The van der Waals surface area contributed by atoms with Gasteiger partial charge in [-0.25, -0.2) is 10.1 Å². The smallest absolute Gasteiger partial charge is 0.262 e. The van der Waals surface area contributed by atoms with Gasteiger partial charge >= 0.3 is 0 Å². The first-order valence-electron chi connectivity index (χ1n) is 7.15. The van der Waals surface area contributed by atoms with Gasteiger partial charge in [0, 0.05) is 18.8 Å². The third-order valence-electron chi connectivity index (χ3n) is 3.39. The lowest BCUT2D eigenvalue weighted by Gasteiger charge is -2.23. The van der Waals surface area contributed by atoms with Gasteiger partial charge in [-0.1, -0.05) is 42.5 Å². The van der Waals surface area contributed by atoms with E-state index in [1.54, 1.807) is 6.08 Å². The summed E-state index contributed by atoms with van der Waals surface area (Å²) in [5.74, 6) is 0. The van der Waals surface area contributed by atoms with Crippen molar-refractivity contribution < 1.29 is 0 Å². The van der Waals surface area contributed by atoms with Crippen LogP contribution >= 0.6 is 0 Å². The lowest BCUT2D eigenvalue weighted by molar-refractivity contribution is 0.832. The molecule has 0 amide bonds. The summed E-state index contributed by atoms with van der Waals surface area (Å²) < 4.78 is 0. The minimum Gasteiger partial charge on any atom is -0.367 e. The predicted molar refractivity (Wildman–Crippen MR) is 89.8 cm³/mol. The Morgan fingerprint density at radius 2 is 1.86 bits per heavy atom. The van der Waals surface area contributed by atoms with E-state index in [9.17, 15) is 0 Å². The van der Waals surface area contributed by atoms with Gasteiger partial charge in [0.25, 0.3) is 5.70 Å². The van der Waals surface area contributed by atoms with E-state index in [2.05, 4.69) is 28.8 Å². The van der Waals surface area contributed by atoms with E-state index in [-0.39, 0.29) is 5.70 Å². The lowest BCUT2D eigenvalue weighted by atomic mass is 10.1. The van der Waals surface area contributed by atoms with Crippen LogP contribution in [-0.2, 0) is 6.54 Å². The number of hydrogen-bond donors (Lipinski definition) is 0. The standard InChI is InChI=1S/C19H17N3/c1-3-22(15-17-7-5-4-6-8-17)19-11-9-16(10-12-19)13-18(14-20)21-2/h4-13H,3,15H2,1H3/b18-13+. The third kappa shape index (κ3) is 3.98. The summed E-state index contributed by atoms with van der Waals surface area (Å²) in [7, 11) is 0. The molecular weight excluding hydrogens is 270 g/mol. The molecule has 0 fully saturated rings. The molecule has 0 saturated heterocycles. The molecule has 0 unspecified atom stereocenters. The maximum atomic E-state index is 8.79. The van der Waals surface area contributed by atoms with Gasteiger partial charge in [0.15, 0.2) is 0 Å². The predicted octanol–water partition coefficient (Wildman–Crippen LogP) is 4.50. The molecule has 3 heteroatoms. The molecule has 0 radical (unpaired) electrons. The fourth-order valence-electron chi connectivity index (χ4n) is 2.22. The summed E-state index contributed by atoms with van der Waals surface area (Å²) in [5, 5.41) is 8.79. The Morgan fingerprint density at radius 3 is 2.41 bits per heavy atom. The van der Waals surface area contributed by atoms with E-state index in [1.165, 1.54) is 5.56 Å². The zero-order valence-electron chi connectivity index (χ0n) is 12.5. The average molecular weight is 287 g/mol. The van der Waals surface area contributed by atoms with E-state index >= 15 is 0 Å². The van der Waals surface area contributed by atoms with Crippen LogP contribution in [0.4, 0.5) is 5.69 Å². The summed E-state index contributed by atoms with van der Waals surface area (Å²) in [6, 6.07) is 20.2. The fourth-order valence-corrected chi connectivity index (χ4v) is 2.22. The van der Waals surface area contributed by atoms with Crippen molar-refractivity contribution in [1.82, 2.24) is 0 Å². The van der Waals surface area contributed by atoms with Crippen LogP contribution in [-0.4, -0.2) is 6.54 Å². The van der Waals surface area contributed by atoms with Crippen LogP contribution in [0.3, 0.4) is 0 Å². The molecule has 22 heavy (non-hydrogen) atoms. The second-order valence-electron chi connectivity index (χ2n) is 4.84. The van der Waals surface area contributed by atoms with Gasteiger partial charge in [0.1, 0.15) is 0 Å². The van der Waals surface area contributed by atoms with Crippen LogP contribution in [0, 0.1) is 17.9 Å². The maximum absolute atomic E-state index is 8.79. The van der Waals surface area contributed by atoms with Crippen LogP contribution < -0.4 is 4.90 Å². The molecule has 108 valence electrons. The normalized spacial score (nSPS) is 10.6. The third-order valence-corrected chi connectivity index (χ3v) is 3.39. The van der Waals surface area contributed by atoms with E-state index in [0.29, 0.717) is 0 Å². The van der Waals surface area contributed by atoms with Gasteiger partial charge in [-0.05, 0) is 36.3 Å². The summed E-state index contributed by atoms with van der Waals surface area (Å²) in [4.78, 5) is 5.45. The van der Waals surface area contributed by atoms with E-state index in [1.807, 2.05) is 48.5 Å². The molecule has 0 aliphatic carbocycles. The van der Waals surface area contributed by atoms with Gasteiger partial charge in [-0.2, -0.15) is 0 Å². The molecule has 0 bridgehead atoms. The van der Waals surface area contributed by atoms with Gasteiger partial charge in [-0.3, -0.25) is 0 Å². The van der Waals surface area contributed by atoms with Crippen LogP contribution in [0.15, 0.2) is 60.3 Å². The molecular formula is C19H17N3. The summed E-state index contributed by atoms with van der Waals surface area (Å²) in [5.41, 5.74) is 3.37. The Morgan fingerprint density at radius 1 is 1.18 bits per heavy atom. The Balaban J connectivity index is 2.16. The Labute approximate surface area is 131 Å². The van der Waals surface area contributed by atoms with Gasteiger partial charge in [-0.15, -0.1) is 0 Å². The number of benzene rings is 2. The van der Waals surface area contributed by atoms with Gasteiger partial charge in [0.2, 0.25) is 0 Å². The molecule has 0 aromatic heterocycles. The second kappa shape index (κ2) is 7.67. The van der Waals surface area contributed by atoms with Crippen molar-refractivity contribution in [2.75, 3.05) is 11.4 Å². The first-order valence-corrected chi connectivity index (χ1v) is 7.15. The van der Waals surface area contributed by atoms with Crippen LogP contribution in [0.1, 0.15) is 18.1 Å². The van der Waals surface area contributed by atoms with Crippen molar-refractivity contribution in [1.29, 1.82) is 5.26 Å². The van der Waals surface area contributed by atoms with Crippen LogP contribution in [0.5, 0.6) is 0 Å². The SMILES string of the molecule is [C-]#[N+]/C(C#N)=C/c1ccc(N(CC)Cc2ccccc2)cc1. The van der Waals surface area contributed by atoms with Gasteiger partial charge in [0.05, 0.1) is 12.6 Å². The topological polar surface area (TPSA) is 31.4 Å². The zero-order chi connectivity index (χ0) is 15.8. The monoisotopic (exact) mass is 287 g/mol. The van der Waals surface area contributed by atoms with Crippen molar-refractivity contribution in [3.63, 3.8) is 0 Å². The number of anilines is 1. The van der Waals surface area contributed by atoms with Crippen LogP contribution in [0.2, 0.25) is 0 Å². The molecule has 2 aromatic rings. The highest BCUT2D eigenvalue weighted by molar-refractivity contribution is 5.61. The molecule has 0 heterocycles. The Hall–Kier alpha value is -3.04. The highest BCUT2D eigenvalue weighted by Crippen LogP contribution is 2.19. The molecule has 0 aliphatic heterocycles. The summed E-state index contributed by atoms with van der Waals surface area (Å²) >= 11 is 0. The van der Waals surface area contributed by atoms with Crippen molar-refractivity contribution >= 4 is 11.8 Å². The average Bonchev–Trinajstić information content (AvgIpc) is 2.59. The molecule has 0 atom stereocenters. The highest BCUT2D eigenvalue weighted by Gasteiger charge is 2.05. The summed E-state index contributed by atoms with van der Waals surface area (Å²) in [6.45, 7) is 10.8. The highest BCUT2D eigenvalue weighted by atomic mass is 15.1. The summed E-state index contributed by atoms with van der Waals surface area (Å²) in [6.07, 6.45) is 1.60. The van der Waals surface area contributed by atoms with E-state index in [4.69, 9.17) is 11.8 Å². The van der Waals surface area contributed by atoms with Gasteiger partial charge < -0.3 is 4.90 Å². The molecule has 0 aliphatic rings. The number of rotatable bonds is 5. The first kappa shape index (κ1) is 15.4. The quantitative estimate of drug-likeness (QED) is 0.599. The Bertz CT molecular complexity index is 700. The molecule has 2 aromatic carbocycles. The molecule has 0 N–H and O–H groups in total. The fraction of sp³-hybridized carbons (Fsp3) is 0.158. The van der Waals surface area contributed by atoms with Crippen LogP contribution in [0.25, 0.3) is 10.9 Å². The largest absolute Gasteiger partial charge is 0.367 e. The maximum Gasteiger partial charge on any atom is 0.262 e. The Kier molecular flexibility index (Phi) is 5.35. The number of allylic oxidation sites excluding steroid dienone is 1. The molecule has 0 spiro atoms. The van der Waals surface area contributed by atoms with E-state index in [0.717, 1.165) is 24.3 Å². The molecule has 0 saturated carbocycles. The van der Waals surface area contributed by atoms with Crippen molar-refractivity contribution in [3.8, 4) is 6.07 Å². The van der Waals surface area contributed by atoms with Crippen molar-refractivity contribution in [3.05, 3.63) is 82.8 Å². The molecule has 2 rings (SSSR count). The second-order valence-corrected chi connectivity index (χ2v) is 4.84. The van der Waals surface area contributed by atoms with Crippen molar-refractivity contribution in [2.24, 2.45) is 0 Å². The minimum absolute atomic E-state index is 0.101. The van der Waals surface area contributed by atoms with Crippen molar-refractivity contribution in [2.45, 2.75) is 13.5 Å². The lowest BCUT2D eigenvalue weighted by Crippen LogP contribution is -2.21. The number of nitriles is 1. The zero-order valence-corrected chi connectivity index (χ0v) is 12.5.